The molecule has 1 aromatic carbocycles. The van der Waals surface area contributed by atoms with Crippen molar-refractivity contribution < 1.29 is 22.7 Å². The molecule has 3 rings (SSSR count). The highest BCUT2D eigenvalue weighted by molar-refractivity contribution is 7.89. The van der Waals surface area contributed by atoms with Gasteiger partial charge in [0.05, 0.1) is 4.90 Å². The number of hydrogen-bond donors (Lipinski definition) is 2. The van der Waals surface area contributed by atoms with Gasteiger partial charge in [0.15, 0.2) is 11.5 Å². The van der Waals surface area contributed by atoms with Gasteiger partial charge in [0.25, 0.3) is 0 Å². The van der Waals surface area contributed by atoms with Crippen LogP contribution in [0.1, 0.15) is 51.4 Å². The minimum Gasteiger partial charge on any atom is -0.486 e. The molecule has 0 spiro atoms. The summed E-state index contributed by atoms with van der Waals surface area (Å²) in [6.07, 6.45) is 7.36. The molecule has 1 aliphatic carbocycles. The third-order valence-corrected chi connectivity index (χ3v) is 6.38. The Balaban J connectivity index is 1.35. The van der Waals surface area contributed by atoms with Crippen molar-refractivity contribution >= 4 is 15.9 Å². The van der Waals surface area contributed by atoms with Crippen molar-refractivity contribution in [3.63, 3.8) is 0 Å². The van der Waals surface area contributed by atoms with Gasteiger partial charge < -0.3 is 14.8 Å². The van der Waals surface area contributed by atoms with Crippen molar-refractivity contribution in [1.29, 1.82) is 0 Å². The first kappa shape index (κ1) is 19.9. The van der Waals surface area contributed by atoms with Crippen LogP contribution >= 0.6 is 0 Å². The number of rotatable bonds is 9. The van der Waals surface area contributed by atoms with Gasteiger partial charge >= 0.3 is 0 Å². The topological polar surface area (TPSA) is 93.7 Å². The molecule has 1 saturated carbocycles. The Hall–Kier alpha value is -1.80. The average Bonchev–Trinajstić information content (AvgIpc) is 3.17. The highest BCUT2D eigenvalue weighted by atomic mass is 32.2. The molecule has 0 atom stereocenters. The van der Waals surface area contributed by atoms with Crippen molar-refractivity contribution in [2.75, 3.05) is 19.8 Å². The fourth-order valence-corrected chi connectivity index (χ4v) is 4.53. The molecule has 0 bridgehead atoms. The zero-order chi connectivity index (χ0) is 19.1. The molecular formula is C19H28N2O5S. The smallest absolute Gasteiger partial charge is 0.240 e. The van der Waals surface area contributed by atoms with Crippen molar-refractivity contribution in [3.05, 3.63) is 18.2 Å². The van der Waals surface area contributed by atoms with Crippen LogP contribution in [0.5, 0.6) is 11.5 Å². The van der Waals surface area contributed by atoms with Crippen LogP contribution in [0.4, 0.5) is 0 Å². The van der Waals surface area contributed by atoms with Crippen LogP contribution in [0, 0.1) is 0 Å². The van der Waals surface area contributed by atoms with E-state index >= 15 is 0 Å². The molecule has 0 aromatic heterocycles. The third-order valence-electron chi connectivity index (χ3n) is 4.92. The molecule has 27 heavy (non-hydrogen) atoms. The van der Waals surface area contributed by atoms with E-state index in [0.717, 1.165) is 25.7 Å². The second kappa shape index (κ2) is 9.41. The number of unbranched alkanes of at least 4 members (excludes halogenated alkanes) is 2. The Bertz CT molecular complexity index is 744. The second-order valence-electron chi connectivity index (χ2n) is 7.06. The standard InChI is InChI=1S/C19H28N2O5S/c22-19(21-15-6-3-4-7-15)8-2-1-5-11-20-27(23,24)16-9-10-17-18(14-16)26-13-12-25-17/h9-10,14-15,20H,1-8,11-13H2,(H,21,22). The van der Waals surface area contributed by atoms with E-state index in [1.165, 1.54) is 25.0 Å². The summed E-state index contributed by atoms with van der Waals surface area (Å²) in [6, 6.07) is 4.98. The zero-order valence-electron chi connectivity index (χ0n) is 15.5. The van der Waals surface area contributed by atoms with E-state index in [-0.39, 0.29) is 10.8 Å². The Labute approximate surface area is 160 Å². The Morgan fingerprint density at radius 2 is 1.78 bits per heavy atom. The monoisotopic (exact) mass is 396 g/mol. The normalized spacial score (nSPS) is 17.0. The number of carbonyl (C=O) groups excluding carboxylic acids is 1. The second-order valence-corrected chi connectivity index (χ2v) is 8.83. The maximum Gasteiger partial charge on any atom is 0.240 e. The molecule has 1 fully saturated rings. The van der Waals surface area contributed by atoms with Crippen LogP contribution in [0.2, 0.25) is 0 Å². The molecule has 2 N–H and O–H groups in total. The number of carbonyl (C=O) groups is 1. The number of amides is 1. The van der Waals surface area contributed by atoms with Gasteiger partial charge in [-0.15, -0.1) is 0 Å². The van der Waals surface area contributed by atoms with Gasteiger partial charge in [-0.3, -0.25) is 4.79 Å². The highest BCUT2D eigenvalue weighted by Gasteiger charge is 2.19. The van der Waals surface area contributed by atoms with E-state index in [4.69, 9.17) is 9.47 Å². The minimum atomic E-state index is -3.58. The summed E-state index contributed by atoms with van der Waals surface area (Å²) >= 11 is 0. The van der Waals surface area contributed by atoms with Gasteiger partial charge in [-0.05, 0) is 37.8 Å². The lowest BCUT2D eigenvalue weighted by Gasteiger charge is -2.18. The first-order valence-electron chi connectivity index (χ1n) is 9.73. The lowest BCUT2D eigenvalue weighted by molar-refractivity contribution is -0.121. The molecule has 0 saturated heterocycles. The molecule has 1 aromatic rings. The first-order chi connectivity index (χ1) is 13.0. The molecule has 150 valence electrons. The largest absolute Gasteiger partial charge is 0.486 e. The van der Waals surface area contributed by atoms with Gasteiger partial charge in [-0.2, -0.15) is 0 Å². The number of fused-ring (bicyclic) bond motifs is 1. The molecular weight excluding hydrogens is 368 g/mol. The number of sulfonamides is 1. The van der Waals surface area contributed by atoms with Gasteiger partial charge in [0, 0.05) is 25.1 Å². The Morgan fingerprint density at radius 3 is 2.56 bits per heavy atom. The molecule has 2 aliphatic rings. The summed E-state index contributed by atoms with van der Waals surface area (Å²) in [4.78, 5) is 12.0. The van der Waals surface area contributed by atoms with E-state index in [9.17, 15) is 13.2 Å². The van der Waals surface area contributed by atoms with Crippen LogP contribution in [0.3, 0.4) is 0 Å². The van der Waals surface area contributed by atoms with Crippen molar-refractivity contribution in [2.24, 2.45) is 0 Å². The average molecular weight is 397 g/mol. The molecule has 1 amide bonds. The third kappa shape index (κ3) is 5.84. The molecule has 7 nitrogen and oxygen atoms in total. The number of nitrogens with one attached hydrogen (secondary N) is 2. The quantitative estimate of drug-likeness (QED) is 0.625. The Kier molecular flexibility index (Phi) is 6.95. The zero-order valence-corrected chi connectivity index (χ0v) is 16.4. The van der Waals surface area contributed by atoms with Gasteiger partial charge in [0.2, 0.25) is 15.9 Å². The summed E-state index contributed by atoms with van der Waals surface area (Å²) < 4.78 is 38.2. The molecule has 8 heteroatoms. The van der Waals surface area contributed by atoms with E-state index < -0.39 is 10.0 Å². The van der Waals surface area contributed by atoms with Gasteiger partial charge in [0.1, 0.15) is 13.2 Å². The molecule has 0 radical (unpaired) electrons. The Morgan fingerprint density at radius 1 is 1.04 bits per heavy atom. The van der Waals surface area contributed by atoms with Crippen molar-refractivity contribution in [3.8, 4) is 11.5 Å². The summed E-state index contributed by atoms with van der Waals surface area (Å²) in [5.74, 6) is 1.13. The van der Waals surface area contributed by atoms with Crippen molar-refractivity contribution in [1.82, 2.24) is 10.0 Å². The maximum atomic E-state index is 12.4. The predicted molar refractivity (Wildman–Crippen MR) is 101 cm³/mol. The van der Waals surface area contributed by atoms with Crippen LogP contribution in [-0.4, -0.2) is 40.1 Å². The molecule has 1 heterocycles. The predicted octanol–water partition coefficient (Wildman–Crippen LogP) is 2.36. The SMILES string of the molecule is O=C(CCCCCNS(=O)(=O)c1ccc2c(c1)OCCO2)NC1CCCC1. The first-order valence-corrected chi connectivity index (χ1v) is 11.2. The number of ether oxygens (including phenoxy) is 2. The number of benzene rings is 1. The lowest BCUT2D eigenvalue weighted by atomic mass is 10.1. The van der Waals surface area contributed by atoms with E-state index in [2.05, 4.69) is 10.0 Å². The molecule has 0 unspecified atom stereocenters. The van der Waals surface area contributed by atoms with Crippen LogP contribution < -0.4 is 19.5 Å². The van der Waals surface area contributed by atoms with Crippen LogP contribution in [0.25, 0.3) is 0 Å². The van der Waals surface area contributed by atoms with E-state index in [1.807, 2.05) is 0 Å². The number of hydrogen-bond acceptors (Lipinski definition) is 5. The summed E-state index contributed by atoms with van der Waals surface area (Å²) in [5, 5.41) is 3.07. The van der Waals surface area contributed by atoms with E-state index in [1.54, 1.807) is 6.07 Å². The van der Waals surface area contributed by atoms with Gasteiger partial charge in [-0.1, -0.05) is 19.3 Å². The lowest BCUT2D eigenvalue weighted by Crippen LogP contribution is -2.32. The fraction of sp³-hybridized carbons (Fsp3) is 0.632. The molecule has 1 aliphatic heterocycles. The van der Waals surface area contributed by atoms with Crippen LogP contribution in [-0.2, 0) is 14.8 Å². The van der Waals surface area contributed by atoms with Crippen LogP contribution in [0.15, 0.2) is 23.1 Å². The summed E-state index contributed by atoms with van der Waals surface area (Å²) in [7, 11) is -3.58. The fourth-order valence-electron chi connectivity index (χ4n) is 3.44. The van der Waals surface area contributed by atoms with Gasteiger partial charge in [-0.25, -0.2) is 13.1 Å². The summed E-state index contributed by atoms with van der Waals surface area (Å²) in [5.41, 5.74) is 0. The van der Waals surface area contributed by atoms with Crippen molar-refractivity contribution in [2.45, 2.75) is 62.3 Å². The summed E-state index contributed by atoms with van der Waals surface area (Å²) in [6.45, 7) is 1.23. The minimum absolute atomic E-state index is 0.110. The van der Waals surface area contributed by atoms with E-state index in [0.29, 0.717) is 50.1 Å². The highest BCUT2D eigenvalue weighted by Crippen LogP contribution is 2.32. The maximum absolute atomic E-state index is 12.4.